The van der Waals surface area contributed by atoms with Crippen LogP contribution in [0.15, 0.2) is 59.1 Å². The minimum Gasteiger partial charge on any atom is -0.298 e. The quantitative estimate of drug-likeness (QED) is 0.465. The number of halogens is 1. The predicted octanol–water partition coefficient (Wildman–Crippen LogP) is 4.65. The Morgan fingerprint density at radius 3 is 2.30 bits per heavy atom. The van der Waals surface area contributed by atoms with Crippen LogP contribution in [-0.4, -0.2) is 12.1 Å². The van der Waals surface area contributed by atoms with Gasteiger partial charge in [-0.05, 0) is 28.6 Å². The van der Waals surface area contributed by atoms with E-state index in [4.69, 9.17) is 0 Å². The highest BCUT2D eigenvalue weighted by molar-refractivity contribution is 9.11. The summed E-state index contributed by atoms with van der Waals surface area (Å²) < 4.78 is 0.790. The lowest BCUT2D eigenvalue weighted by molar-refractivity contribution is 0.104. The Balaban J connectivity index is 2.35. The molecule has 0 atom stereocenters. The van der Waals surface area contributed by atoms with Crippen LogP contribution in [0.4, 0.5) is 0 Å². The largest absolute Gasteiger partial charge is 0.298 e. The Morgan fingerprint density at radius 1 is 1.05 bits per heavy atom. The average Bonchev–Trinajstić information content (AvgIpc) is 2.46. The predicted molar refractivity (Wildman–Crippen MR) is 84.3 cm³/mol. The molecule has 0 heterocycles. The number of hydrogen-bond donors (Lipinski definition) is 0. The van der Waals surface area contributed by atoms with Crippen LogP contribution in [0.1, 0.15) is 27.6 Å². The Bertz CT molecular complexity index is 666. The average molecular weight is 329 g/mol. The van der Waals surface area contributed by atoms with Crippen LogP contribution in [0.5, 0.6) is 0 Å². The summed E-state index contributed by atoms with van der Waals surface area (Å²) in [5.41, 5.74) is 3.05. The monoisotopic (exact) mass is 328 g/mol. The van der Waals surface area contributed by atoms with Gasteiger partial charge in [0.15, 0.2) is 12.1 Å². The first-order valence-electron chi connectivity index (χ1n) is 6.14. The van der Waals surface area contributed by atoms with E-state index in [1.165, 1.54) is 6.08 Å². The van der Waals surface area contributed by atoms with E-state index in [-0.39, 0.29) is 5.78 Å². The molecule has 0 aliphatic rings. The maximum Gasteiger partial charge on any atom is 0.186 e. The third kappa shape index (κ3) is 3.31. The van der Waals surface area contributed by atoms with Crippen LogP contribution < -0.4 is 0 Å². The number of carbonyl (C=O) groups excluding carboxylic acids is 2. The topological polar surface area (TPSA) is 34.1 Å². The first-order valence-corrected chi connectivity index (χ1v) is 6.94. The Kier molecular flexibility index (Phi) is 4.64. The molecule has 0 fully saturated rings. The second-order valence-electron chi connectivity index (χ2n) is 4.38. The SMILES string of the molecule is CC(Br)=CC(=O)c1ccc(-c2ccccc2C=O)cc1. The molecule has 0 aliphatic heterocycles. The third-order valence-corrected chi connectivity index (χ3v) is 3.13. The Labute approximate surface area is 126 Å². The van der Waals surface area contributed by atoms with Crippen LogP contribution >= 0.6 is 15.9 Å². The number of allylic oxidation sites excluding steroid dienone is 2. The molecule has 3 heteroatoms. The van der Waals surface area contributed by atoms with Crippen molar-refractivity contribution >= 4 is 28.0 Å². The van der Waals surface area contributed by atoms with Gasteiger partial charge < -0.3 is 0 Å². The molecule has 0 N–H and O–H groups in total. The number of hydrogen-bond acceptors (Lipinski definition) is 2. The summed E-state index contributed by atoms with van der Waals surface area (Å²) in [7, 11) is 0. The van der Waals surface area contributed by atoms with Crippen molar-refractivity contribution in [2.45, 2.75) is 6.92 Å². The van der Waals surface area contributed by atoms with E-state index in [2.05, 4.69) is 15.9 Å². The van der Waals surface area contributed by atoms with Crippen molar-refractivity contribution in [3.05, 3.63) is 70.2 Å². The van der Waals surface area contributed by atoms with Crippen molar-refractivity contribution < 1.29 is 9.59 Å². The molecular weight excluding hydrogens is 316 g/mol. The molecule has 0 aromatic heterocycles. The van der Waals surface area contributed by atoms with E-state index >= 15 is 0 Å². The van der Waals surface area contributed by atoms with Gasteiger partial charge in [-0.15, -0.1) is 0 Å². The maximum atomic E-state index is 11.9. The molecule has 0 saturated carbocycles. The van der Waals surface area contributed by atoms with Gasteiger partial charge in [0.05, 0.1) is 0 Å². The molecule has 2 rings (SSSR count). The summed E-state index contributed by atoms with van der Waals surface area (Å²) in [6, 6.07) is 14.6. The molecule has 0 spiro atoms. The highest BCUT2D eigenvalue weighted by Gasteiger charge is 2.06. The second kappa shape index (κ2) is 6.44. The maximum absolute atomic E-state index is 11.9. The van der Waals surface area contributed by atoms with Crippen LogP contribution in [0.2, 0.25) is 0 Å². The fourth-order valence-electron chi connectivity index (χ4n) is 1.94. The van der Waals surface area contributed by atoms with Crippen LogP contribution in [0.25, 0.3) is 11.1 Å². The normalized spacial score (nSPS) is 11.2. The Hall–Kier alpha value is -2.00. The number of rotatable bonds is 4. The summed E-state index contributed by atoms with van der Waals surface area (Å²) >= 11 is 3.24. The van der Waals surface area contributed by atoms with Gasteiger partial charge in [-0.1, -0.05) is 64.5 Å². The van der Waals surface area contributed by atoms with Gasteiger partial charge in [-0.25, -0.2) is 0 Å². The molecule has 0 aliphatic carbocycles. The molecule has 20 heavy (non-hydrogen) atoms. The molecule has 0 unspecified atom stereocenters. The number of aldehydes is 1. The second-order valence-corrected chi connectivity index (χ2v) is 5.63. The van der Waals surface area contributed by atoms with E-state index in [0.29, 0.717) is 11.1 Å². The van der Waals surface area contributed by atoms with Crippen LogP contribution in [0.3, 0.4) is 0 Å². The standard InChI is InChI=1S/C17H13BrO2/c1-12(18)10-17(20)14-8-6-13(7-9-14)16-5-3-2-4-15(16)11-19/h2-11H,1H3. The molecule has 2 nitrogen and oxygen atoms in total. The zero-order chi connectivity index (χ0) is 14.5. The van der Waals surface area contributed by atoms with Crippen molar-refractivity contribution in [2.24, 2.45) is 0 Å². The van der Waals surface area contributed by atoms with Crippen molar-refractivity contribution in [3.8, 4) is 11.1 Å². The third-order valence-electron chi connectivity index (χ3n) is 2.90. The molecule has 0 bridgehead atoms. The zero-order valence-corrected chi connectivity index (χ0v) is 12.6. The van der Waals surface area contributed by atoms with Gasteiger partial charge in [0.1, 0.15) is 0 Å². The summed E-state index contributed by atoms with van der Waals surface area (Å²) in [5, 5.41) is 0. The lowest BCUT2D eigenvalue weighted by Crippen LogP contribution is -1.95. The highest BCUT2D eigenvalue weighted by atomic mass is 79.9. The Morgan fingerprint density at radius 2 is 1.70 bits per heavy atom. The molecule has 0 amide bonds. The molecule has 2 aromatic rings. The van der Waals surface area contributed by atoms with Gasteiger partial charge >= 0.3 is 0 Å². The van der Waals surface area contributed by atoms with E-state index in [9.17, 15) is 9.59 Å². The zero-order valence-electron chi connectivity index (χ0n) is 11.0. The van der Waals surface area contributed by atoms with Crippen LogP contribution in [0, 0.1) is 0 Å². The minimum absolute atomic E-state index is 0.0467. The fourth-order valence-corrected chi connectivity index (χ4v) is 2.15. The molecular formula is C17H13BrO2. The summed E-state index contributed by atoms with van der Waals surface area (Å²) in [5.74, 6) is -0.0467. The van der Waals surface area contributed by atoms with E-state index < -0.39 is 0 Å². The first-order chi connectivity index (χ1) is 9.61. The minimum atomic E-state index is -0.0467. The highest BCUT2D eigenvalue weighted by Crippen LogP contribution is 2.23. The molecule has 100 valence electrons. The van der Waals surface area contributed by atoms with Crippen LogP contribution in [-0.2, 0) is 0 Å². The molecule has 0 radical (unpaired) electrons. The molecule has 0 saturated heterocycles. The lowest BCUT2D eigenvalue weighted by atomic mass is 9.98. The van der Waals surface area contributed by atoms with E-state index in [0.717, 1.165) is 21.9 Å². The summed E-state index contributed by atoms with van der Waals surface area (Å²) in [6.07, 6.45) is 2.37. The number of benzene rings is 2. The summed E-state index contributed by atoms with van der Waals surface area (Å²) in [4.78, 5) is 22.9. The number of carbonyl (C=O) groups is 2. The lowest BCUT2D eigenvalue weighted by Gasteiger charge is -2.05. The summed E-state index contributed by atoms with van der Waals surface area (Å²) in [6.45, 7) is 1.81. The number of ketones is 1. The van der Waals surface area contributed by atoms with Crippen molar-refractivity contribution in [3.63, 3.8) is 0 Å². The molecule has 2 aromatic carbocycles. The van der Waals surface area contributed by atoms with Crippen molar-refractivity contribution in [2.75, 3.05) is 0 Å². The van der Waals surface area contributed by atoms with E-state index in [1.54, 1.807) is 18.2 Å². The van der Waals surface area contributed by atoms with Gasteiger partial charge in [0.25, 0.3) is 0 Å². The van der Waals surface area contributed by atoms with Crippen molar-refractivity contribution in [1.29, 1.82) is 0 Å². The fraction of sp³-hybridized carbons (Fsp3) is 0.0588. The van der Waals surface area contributed by atoms with Gasteiger partial charge in [-0.2, -0.15) is 0 Å². The smallest absolute Gasteiger partial charge is 0.186 e. The first kappa shape index (κ1) is 14.4. The van der Waals surface area contributed by atoms with E-state index in [1.807, 2.05) is 37.3 Å². The van der Waals surface area contributed by atoms with Gasteiger partial charge in [-0.3, -0.25) is 9.59 Å². The van der Waals surface area contributed by atoms with Gasteiger partial charge in [0, 0.05) is 11.1 Å². The van der Waals surface area contributed by atoms with Crippen molar-refractivity contribution in [1.82, 2.24) is 0 Å². The van der Waals surface area contributed by atoms with Gasteiger partial charge in [0.2, 0.25) is 0 Å².